The Morgan fingerprint density at radius 2 is 1.90 bits per heavy atom. The van der Waals surface area contributed by atoms with Crippen LogP contribution < -0.4 is 15.4 Å². The third-order valence-electron chi connectivity index (χ3n) is 2.29. The van der Waals surface area contributed by atoms with E-state index in [1.165, 1.54) is 14.2 Å². The third-order valence-corrected chi connectivity index (χ3v) is 2.29. The van der Waals surface area contributed by atoms with Crippen LogP contribution in [0.25, 0.3) is 0 Å². The van der Waals surface area contributed by atoms with E-state index in [0.717, 1.165) is 0 Å². The van der Waals surface area contributed by atoms with Gasteiger partial charge in [0.1, 0.15) is 18.8 Å². The summed E-state index contributed by atoms with van der Waals surface area (Å²) < 4.78 is 9.76. The number of hydrogen-bond acceptors (Lipinski definition) is 5. The average molecular weight is 277 g/mol. The molecule has 0 saturated carbocycles. The zero-order valence-corrected chi connectivity index (χ0v) is 11.2. The lowest BCUT2D eigenvalue weighted by Gasteiger charge is -2.13. The number of nitriles is 1. The number of carbonyl (C=O) groups excluding carboxylic acids is 2. The van der Waals surface area contributed by atoms with Crippen molar-refractivity contribution in [2.24, 2.45) is 0 Å². The molecule has 2 amide bonds. The molecule has 1 aromatic carbocycles. The number of carbonyl (C=O) groups is 2. The lowest BCUT2D eigenvalue weighted by Crippen LogP contribution is -2.19. The minimum absolute atomic E-state index is 0.0996. The molecule has 0 fully saturated rings. The molecule has 1 aromatic rings. The third kappa shape index (κ3) is 4.59. The van der Waals surface area contributed by atoms with Gasteiger partial charge in [-0.1, -0.05) is 0 Å². The van der Waals surface area contributed by atoms with Crippen LogP contribution in [0.2, 0.25) is 0 Å². The molecule has 0 unspecified atom stereocenters. The number of rotatable bonds is 6. The largest absolute Gasteiger partial charge is 0.497 e. The second-order valence-corrected chi connectivity index (χ2v) is 3.78. The SMILES string of the molecule is COCC(=O)Nc1ccc(OC)cc1NC(=O)CC#N. The molecule has 20 heavy (non-hydrogen) atoms. The number of ether oxygens (including phenoxy) is 2. The summed E-state index contributed by atoms with van der Waals surface area (Å²) in [7, 11) is 2.89. The summed E-state index contributed by atoms with van der Waals surface area (Å²) in [5, 5.41) is 13.6. The van der Waals surface area contributed by atoms with Crippen LogP contribution in [-0.4, -0.2) is 32.6 Å². The Morgan fingerprint density at radius 3 is 2.50 bits per heavy atom. The number of nitrogens with zero attached hydrogens (tertiary/aromatic N) is 1. The van der Waals surface area contributed by atoms with Crippen LogP contribution >= 0.6 is 0 Å². The first-order chi connectivity index (χ1) is 9.60. The summed E-state index contributed by atoms with van der Waals surface area (Å²) in [6.45, 7) is -0.0996. The van der Waals surface area contributed by atoms with Crippen molar-refractivity contribution in [3.05, 3.63) is 18.2 Å². The van der Waals surface area contributed by atoms with E-state index in [-0.39, 0.29) is 18.9 Å². The maximum absolute atomic E-state index is 11.5. The van der Waals surface area contributed by atoms with Gasteiger partial charge in [-0.2, -0.15) is 5.26 Å². The summed E-state index contributed by atoms with van der Waals surface area (Å²) in [5.74, 6) is -0.307. The molecule has 106 valence electrons. The average Bonchev–Trinajstić information content (AvgIpc) is 2.41. The molecule has 0 aliphatic heterocycles. The standard InChI is InChI=1S/C13H15N3O4/c1-19-8-13(18)15-10-4-3-9(20-2)7-11(10)16-12(17)5-6-14/h3-4,7H,5,8H2,1-2H3,(H,15,18)(H,16,17). The highest BCUT2D eigenvalue weighted by atomic mass is 16.5. The predicted molar refractivity (Wildman–Crippen MR) is 72.4 cm³/mol. The van der Waals surface area contributed by atoms with Gasteiger partial charge >= 0.3 is 0 Å². The quantitative estimate of drug-likeness (QED) is 0.811. The van der Waals surface area contributed by atoms with Crippen molar-refractivity contribution in [3.63, 3.8) is 0 Å². The van der Waals surface area contributed by atoms with Crippen molar-refractivity contribution in [2.75, 3.05) is 31.5 Å². The molecule has 0 aliphatic rings. The van der Waals surface area contributed by atoms with Gasteiger partial charge < -0.3 is 20.1 Å². The van der Waals surface area contributed by atoms with Gasteiger partial charge in [0.2, 0.25) is 11.8 Å². The van der Waals surface area contributed by atoms with E-state index in [2.05, 4.69) is 10.6 Å². The molecular formula is C13H15N3O4. The fourth-order valence-corrected chi connectivity index (χ4v) is 1.45. The van der Waals surface area contributed by atoms with Crippen molar-refractivity contribution in [3.8, 4) is 11.8 Å². The molecule has 1 rings (SSSR count). The van der Waals surface area contributed by atoms with E-state index in [1.807, 2.05) is 0 Å². The van der Waals surface area contributed by atoms with Gasteiger partial charge in [0.05, 0.1) is 24.6 Å². The normalized spacial score (nSPS) is 9.45. The van der Waals surface area contributed by atoms with Gasteiger partial charge in [0.15, 0.2) is 0 Å². The number of hydrogen-bond donors (Lipinski definition) is 2. The Labute approximate surface area is 116 Å². The van der Waals surface area contributed by atoms with E-state index < -0.39 is 5.91 Å². The van der Waals surface area contributed by atoms with Gasteiger partial charge in [0.25, 0.3) is 0 Å². The van der Waals surface area contributed by atoms with E-state index in [9.17, 15) is 9.59 Å². The smallest absolute Gasteiger partial charge is 0.250 e. The summed E-state index contributed by atoms with van der Waals surface area (Å²) in [5.41, 5.74) is 0.758. The number of anilines is 2. The maximum atomic E-state index is 11.5. The Balaban J connectivity index is 2.94. The highest BCUT2D eigenvalue weighted by Crippen LogP contribution is 2.27. The highest BCUT2D eigenvalue weighted by molar-refractivity contribution is 6.00. The van der Waals surface area contributed by atoms with Crippen LogP contribution in [0.15, 0.2) is 18.2 Å². The maximum Gasteiger partial charge on any atom is 0.250 e. The van der Waals surface area contributed by atoms with Gasteiger partial charge in [-0.3, -0.25) is 9.59 Å². The molecular weight excluding hydrogens is 262 g/mol. The van der Waals surface area contributed by atoms with Gasteiger partial charge in [-0.25, -0.2) is 0 Å². The molecule has 7 nitrogen and oxygen atoms in total. The Kier molecular flexibility index (Phi) is 6.00. The molecule has 0 saturated heterocycles. The van der Waals surface area contributed by atoms with Crippen molar-refractivity contribution < 1.29 is 19.1 Å². The zero-order chi connectivity index (χ0) is 15.0. The fraction of sp³-hybridized carbons (Fsp3) is 0.308. The molecule has 0 aromatic heterocycles. The summed E-state index contributed by atoms with van der Waals surface area (Å²) in [6.07, 6.45) is -0.275. The number of benzene rings is 1. The molecule has 7 heteroatoms. The minimum Gasteiger partial charge on any atom is -0.497 e. The van der Waals surface area contributed by atoms with Crippen LogP contribution in [-0.2, 0) is 14.3 Å². The second-order valence-electron chi connectivity index (χ2n) is 3.78. The molecule has 0 spiro atoms. The Hall–Kier alpha value is -2.59. The first-order valence-electron chi connectivity index (χ1n) is 5.74. The monoisotopic (exact) mass is 277 g/mol. The minimum atomic E-state index is -0.469. The Morgan fingerprint density at radius 1 is 1.20 bits per heavy atom. The zero-order valence-electron chi connectivity index (χ0n) is 11.2. The Bertz CT molecular complexity index is 537. The summed E-state index contributed by atoms with van der Waals surface area (Å²) in [4.78, 5) is 23.0. The summed E-state index contributed by atoms with van der Waals surface area (Å²) >= 11 is 0. The molecule has 2 N–H and O–H groups in total. The van der Waals surface area contributed by atoms with Crippen molar-refractivity contribution in [1.29, 1.82) is 5.26 Å². The lowest BCUT2D eigenvalue weighted by atomic mass is 10.2. The van der Waals surface area contributed by atoms with Crippen LogP contribution in [0.4, 0.5) is 11.4 Å². The molecule has 0 heterocycles. The van der Waals surface area contributed by atoms with E-state index in [4.69, 9.17) is 14.7 Å². The van der Waals surface area contributed by atoms with Crippen molar-refractivity contribution >= 4 is 23.2 Å². The van der Waals surface area contributed by atoms with Crippen molar-refractivity contribution in [1.82, 2.24) is 0 Å². The van der Waals surface area contributed by atoms with Crippen LogP contribution in [0, 0.1) is 11.3 Å². The van der Waals surface area contributed by atoms with Gasteiger partial charge in [-0.05, 0) is 12.1 Å². The molecule has 0 radical (unpaired) electrons. The number of nitrogens with one attached hydrogen (secondary N) is 2. The van der Waals surface area contributed by atoms with E-state index in [0.29, 0.717) is 17.1 Å². The highest BCUT2D eigenvalue weighted by Gasteiger charge is 2.11. The number of amides is 2. The van der Waals surface area contributed by atoms with Crippen LogP contribution in [0.5, 0.6) is 5.75 Å². The van der Waals surface area contributed by atoms with Gasteiger partial charge in [-0.15, -0.1) is 0 Å². The van der Waals surface area contributed by atoms with E-state index >= 15 is 0 Å². The van der Waals surface area contributed by atoms with Crippen LogP contribution in [0.1, 0.15) is 6.42 Å². The number of methoxy groups -OCH3 is 2. The van der Waals surface area contributed by atoms with Crippen molar-refractivity contribution in [2.45, 2.75) is 6.42 Å². The topological polar surface area (TPSA) is 100 Å². The second kappa shape index (κ2) is 7.76. The van der Waals surface area contributed by atoms with Gasteiger partial charge in [0, 0.05) is 13.2 Å². The molecule has 0 aliphatic carbocycles. The van der Waals surface area contributed by atoms with Crippen LogP contribution in [0.3, 0.4) is 0 Å². The summed E-state index contributed by atoms with van der Waals surface area (Å²) in [6, 6.07) is 6.53. The first kappa shape index (κ1) is 15.5. The fourth-order valence-electron chi connectivity index (χ4n) is 1.45. The predicted octanol–water partition coefficient (Wildman–Crippen LogP) is 1.13. The first-order valence-corrected chi connectivity index (χ1v) is 5.74. The lowest BCUT2D eigenvalue weighted by molar-refractivity contribution is -0.119. The molecule has 0 atom stereocenters. The molecule has 0 bridgehead atoms. The van der Waals surface area contributed by atoms with E-state index in [1.54, 1.807) is 24.3 Å².